The van der Waals surface area contributed by atoms with Gasteiger partial charge < -0.3 is 15.1 Å². The van der Waals surface area contributed by atoms with E-state index in [9.17, 15) is 18.4 Å². The summed E-state index contributed by atoms with van der Waals surface area (Å²) < 4.78 is 27.7. The van der Waals surface area contributed by atoms with Gasteiger partial charge in [-0.25, -0.2) is 8.78 Å². The number of allylic oxidation sites excluding steroid dienone is 1. The Morgan fingerprint density at radius 3 is 2.13 bits per heavy atom. The number of thiophene rings is 1. The summed E-state index contributed by atoms with van der Waals surface area (Å²) in [7, 11) is 0. The van der Waals surface area contributed by atoms with Crippen LogP contribution in [0, 0.1) is 17.0 Å². The highest BCUT2D eigenvalue weighted by Crippen LogP contribution is 2.49. The van der Waals surface area contributed by atoms with E-state index in [-0.39, 0.29) is 47.4 Å². The molecule has 7 rings (SSSR count). The molecule has 3 aromatic carbocycles. The summed E-state index contributed by atoms with van der Waals surface area (Å²) in [5, 5.41) is 5.64. The maximum absolute atomic E-state index is 14.2. The number of rotatable bonds is 6. The summed E-state index contributed by atoms with van der Waals surface area (Å²) in [6, 6.07) is 24.3. The summed E-state index contributed by atoms with van der Waals surface area (Å²) in [6.07, 6.45) is 1.20. The van der Waals surface area contributed by atoms with E-state index in [1.54, 1.807) is 35.6 Å². The van der Waals surface area contributed by atoms with E-state index in [4.69, 9.17) is 0 Å². The third-order valence-electron chi connectivity index (χ3n) is 9.53. The number of nitrogens with zero attached hydrogens (tertiary/aromatic N) is 3. The summed E-state index contributed by atoms with van der Waals surface area (Å²) in [5.41, 5.74) is 5.14. The Labute approximate surface area is 278 Å². The number of carbonyl (C=O) groups excluding carboxylic acids is 2. The van der Waals surface area contributed by atoms with E-state index in [1.807, 2.05) is 40.6 Å². The van der Waals surface area contributed by atoms with Crippen LogP contribution in [0.2, 0.25) is 0 Å². The summed E-state index contributed by atoms with van der Waals surface area (Å²) in [5.74, 6) is -0.508. The van der Waals surface area contributed by atoms with Crippen molar-refractivity contribution in [2.75, 3.05) is 42.9 Å². The molecule has 1 fully saturated rings. The average molecular weight is 653 g/mol. The fourth-order valence-electron chi connectivity index (χ4n) is 7.35. The number of ketones is 1. The molecule has 2 aliphatic heterocycles. The Morgan fingerprint density at radius 1 is 0.872 bits per heavy atom. The van der Waals surface area contributed by atoms with Crippen LogP contribution >= 0.6 is 11.3 Å². The van der Waals surface area contributed by atoms with Gasteiger partial charge in [-0.15, -0.1) is 11.3 Å². The van der Waals surface area contributed by atoms with Gasteiger partial charge in [0, 0.05) is 48.7 Å². The van der Waals surface area contributed by atoms with E-state index in [2.05, 4.69) is 35.0 Å². The molecule has 1 amide bonds. The molecule has 1 saturated heterocycles. The third-order valence-corrected chi connectivity index (χ3v) is 10.5. The van der Waals surface area contributed by atoms with Crippen molar-refractivity contribution in [2.24, 2.45) is 5.41 Å². The normalized spacial score (nSPS) is 19.7. The van der Waals surface area contributed by atoms with Crippen molar-refractivity contribution in [3.05, 3.63) is 129 Å². The second-order valence-electron chi connectivity index (χ2n) is 13.4. The van der Waals surface area contributed by atoms with Crippen molar-refractivity contribution in [3.63, 3.8) is 0 Å². The fraction of sp³-hybridized carbons (Fsp3) is 0.316. The Kier molecular flexibility index (Phi) is 8.45. The minimum Gasteiger partial charge on any atom is -0.357 e. The van der Waals surface area contributed by atoms with Crippen LogP contribution in [-0.2, 0) is 9.59 Å². The molecule has 0 spiro atoms. The van der Waals surface area contributed by atoms with Crippen molar-refractivity contribution in [3.8, 4) is 0 Å². The number of Topliss-reactive ketones (excluding diaryl/α,β-unsaturated/α-hetero) is 1. The van der Waals surface area contributed by atoms with E-state index in [1.165, 1.54) is 24.3 Å². The maximum Gasteiger partial charge on any atom is 0.242 e. The molecule has 1 aromatic heterocycles. The van der Waals surface area contributed by atoms with Gasteiger partial charge in [-0.2, -0.15) is 0 Å². The standard InChI is InChI=1S/C38H38F2N4O2S/c1-38(2)22-30-35(32(45)23-38)37(33-8-5-21-47-33)44(31-7-4-3-6-29(31)41-30)24-34(46)42-17-19-43(20-18-42)36(25-9-13-27(39)14-10-25)26-11-15-28(40)16-12-26/h3-16,21,36-37,41H,17-20,22-24H2,1-2H3. The van der Waals surface area contributed by atoms with Crippen molar-refractivity contribution in [1.82, 2.24) is 9.80 Å². The van der Waals surface area contributed by atoms with Crippen molar-refractivity contribution in [2.45, 2.75) is 38.8 Å². The van der Waals surface area contributed by atoms with Gasteiger partial charge in [-0.3, -0.25) is 14.5 Å². The van der Waals surface area contributed by atoms with Gasteiger partial charge in [0.2, 0.25) is 5.91 Å². The first-order valence-electron chi connectivity index (χ1n) is 16.1. The number of benzene rings is 3. The molecule has 47 heavy (non-hydrogen) atoms. The number of hydrogen-bond donors (Lipinski definition) is 1. The smallest absolute Gasteiger partial charge is 0.242 e. The van der Waals surface area contributed by atoms with Crippen LogP contribution in [0.4, 0.5) is 20.2 Å². The van der Waals surface area contributed by atoms with Crippen LogP contribution in [0.5, 0.6) is 0 Å². The first-order valence-corrected chi connectivity index (χ1v) is 17.0. The lowest BCUT2D eigenvalue weighted by Gasteiger charge is -2.41. The lowest BCUT2D eigenvalue weighted by molar-refractivity contribution is -0.131. The summed E-state index contributed by atoms with van der Waals surface area (Å²) >= 11 is 1.60. The van der Waals surface area contributed by atoms with Gasteiger partial charge in [0.15, 0.2) is 5.78 Å². The maximum atomic E-state index is 14.2. The SMILES string of the molecule is CC1(C)CC(=O)C2=C(C1)Nc1ccccc1N(CC(=O)N1CCN(C(c3ccc(F)cc3)c3ccc(F)cc3)CC1)C2c1cccs1. The molecule has 3 heterocycles. The number of para-hydroxylation sites is 2. The van der Waals surface area contributed by atoms with Gasteiger partial charge in [0.1, 0.15) is 11.6 Å². The van der Waals surface area contributed by atoms with Gasteiger partial charge in [-0.05, 0) is 70.8 Å². The first-order chi connectivity index (χ1) is 22.7. The topological polar surface area (TPSA) is 55.9 Å². The Morgan fingerprint density at radius 2 is 1.51 bits per heavy atom. The molecule has 0 saturated carbocycles. The van der Waals surface area contributed by atoms with E-state index >= 15 is 0 Å². The highest BCUT2D eigenvalue weighted by molar-refractivity contribution is 7.10. The Bertz CT molecular complexity index is 1750. The highest BCUT2D eigenvalue weighted by Gasteiger charge is 2.42. The molecule has 242 valence electrons. The fourth-order valence-corrected chi connectivity index (χ4v) is 8.19. The molecule has 6 nitrogen and oxygen atoms in total. The Hall–Kier alpha value is -4.34. The monoisotopic (exact) mass is 652 g/mol. The number of anilines is 2. The largest absolute Gasteiger partial charge is 0.357 e. The minimum absolute atomic E-state index is 0.00578. The molecule has 1 unspecified atom stereocenters. The number of amides is 1. The quantitative estimate of drug-likeness (QED) is 0.233. The molecule has 4 aromatic rings. The molecular weight excluding hydrogens is 615 g/mol. The van der Waals surface area contributed by atoms with Crippen molar-refractivity contribution < 1.29 is 18.4 Å². The van der Waals surface area contributed by atoms with Crippen LogP contribution in [0.25, 0.3) is 0 Å². The number of halogens is 2. The predicted octanol–water partition coefficient (Wildman–Crippen LogP) is 7.58. The van der Waals surface area contributed by atoms with E-state index < -0.39 is 0 Å². The highest BCUT2D eigenvalue weighted by atomic mass is 32.1. The third kappa shape index (κ3) is 6.34. The van der Waals surface area contributed by atoms with Gasteiger partial charge in [-0.1, -0.05) is 56.3 Å². The summed E-state index contributed by atoms with van der Waals surface area (Å²) in [6.45, 7) is 6.59. The number of carbonyl (C=O) groups is 2. The molecule has 3 aliphatic rings. The zero-order valence-electron chi connectivity index (χ0n) is 26.6. The molecule has 0 radical (unpaired) electrons. The van der Waals surface area contributed by atoms with Crippen molar-refractivity contribution >= 4 is 34.4 Å². The number of hydrogen-bond acceptors (Lipinski definition) is 6. The first kappa shape index (κ1) is 31.3. The second kappa shape index (κ2) is 12.7. The lowest BCUT2D eigenvalue weighted by atomic mass is 9.74. The van der Waals surface area contributed by atoms with Crippen LogP contribution < -0.4 is 10.2 Å². The van der Waals surface area contributed by atoms with Crippen LogP contribution in [0.1, 0.15) is 54.8 Å². The van der Waals surface area contributed by atoms with Crippen LogP contribution in [0.15, 0.2) is 102 Å². The molecule has 0 bridgehead atoms. The number of nitrogens with one attached hydrogen (secondary N) is 1. The molecule has 9 heteroatoms. The second-order valence-corrected chi connectivity index (χ2v) is 14.4. The molecule has 1 N–H and O–H groups in total. The average Bonchev–Trinajstić information content (AvgIpc) is 3.54. The Balaban J connectivity index is 1.16. The number of fused-ring (bicyclic) bond motifs is 1. The molecular formula is C38H38F2N4O2S. The number of piperazine rings is 1. The lowest BCUT2D eigenvalue weighted by Crippen LogP contribution is -2.52. The zero-order valence-corrected chi connectivity index (χ0v) is 27.4. The minimum atomic E-state index is -0.378. The van der Waals surface area contributed by atoms with E-state index in [0.717, 1.165) is 45.1 Å². The van der Waals surface area contributed by atoms with Crippen molar-refractivity contribution in [1.29, 1.82) is 0 Å². The predicted molar refractivity (Wildman–Crippen MR) is 182 cm³/mol. The molecule has 1 atom stereocenters. The summed E-state index contributed by atoms with van der Waals surface area (Å²) in [4.78, 5) is 35.4. The van der Waals surface area contributed by atoms with Crippen LogP contribution in [0.3, 0.4) is 0 Å². The van der Waals surface area contributed by atoms with E-state index in [0.29, 0.717) is 32.6 Å². The van der Waals surface area contributed by atoms with Crippen LogP contribution in [-0.4, -0.2) is 54.2 Å². The molecule has 1 aliphatic carbocycles. The van der Waals surface area contributed by atoms with Gasteiger partial charge in [0.25, 0.3) is 0 Å². The van der Waals surface area contributed by atoms with Gasteiger partial charge >= 0.3 is 0 Å². The van der Waals surface area contributed by atoms with Gasteiger partial charge in [0.05, 0.1) is 30.0 Å². The zero-order chi connectivity index (χ0) is 32.7.